The summed E-state index contributed by atoms with van der Waals surface area (Å²) in [7, 11) is 0. The van der Waals surface area contributed by atoms with Crippen molar-refractivity contribution in [2.24, 2.45) is 22.7 Å². The summed E-state index contributed by atoms with van der Waals surface area (Å²) in [5, 5.41) is 8.58. The van der Waals surface area contributed by atoms with E-state index in [1.807, 2.05) is 24.3 Å². The van der Waals surface area contributed by atoms with Gasteiger partial charge in [0.05, 0.1) is 6.54 Å². The molecule has 3 rings (SSSR count). The molecule has 170 valence electrons. The lowest BCUT2D eigenvalue weighted by atomic mass is 9.98. The lowest BCUT2D eigenvalue weighted by molar-refractivity contribution is 0.546. The Hall–Kier alpha value is -3.19. The number of rotatable bonds is 10. The number of hydrazine groups is 1. The van der Waals surface area contributed by atoms with E-state index < -0.39 is 0 Å². The molecule has 0 saturated heterocycles. The third-order valence-electron chi connectivity index (χ3n) is 5.54. The van der Waals surface area contributed by atoms with E-state index in [4.69, 9.17) is 21.8 Å². The molecule has 0 bridgehead atoms. The van der Waals surface area contributed by atoms with Crippen molar-refractivity contribution in [2.75, 3.05) is 0 Å². The predicted octanol–water partition coefficient (Wildman–Crippen LogP) is 4.01. The van der Waals surface area contributed by atoms with Crippen LogP contribution in [-0.4, -0.2) is 20.6 Å². The summed E-state index contributed by atoms with van der Waals surface area (Å²) in [5.74, 6) is 14.2. The Morgan fingerprint density at radius 2 is 1.84 bits per heavy atom. The third kappa shape index (κ3) is 5.95. The van der Waals surface area contributed by atoms with Gasteiger partial charge in [-0.1, -0.05) is 75.7 Å². The zero-order valence-electron chi connectivity index (χ0n) is 19.4. The summed E-state index contributed by atoms with van der Waals surface area (Å²) in [6.45, 7) is 7.41. The normalized spacial score (nSPS) is 11.8. The van der Waals surface area contributed by atoms with E-state index in [1.54, 1.807) is 0 Å². The number of aromatic nitrogens is 3. The van der Waals surface area contributed by atoms with Gasteiger partial charge in [0, 0.05) is 18.4 Å². The van der Waals surface area contributed by atoms with Gasteiger partial charge in [-0.15, -0.1) is 0 Å². The zero-order chi connectivity index (χ0) is 22.9. The summed E-state index contributed by atoms with van der Waals surface area (Å²) in [4.78, 5) is 4.84. The van der Waals surface area contributed by atoms with Crippen molar-refractivity contribution in [3.8, 4) is 11.1 Å². The number of nitrogens with one attached hydrogen (secondary N) is 1. The van der Waals surface area contributed by atoms with Gasteiger partial charge in [0.15, 0.2) is 11.7 Å². The highest BCUT2D eigenvalue weighted by molar-refractivity contribution is 6.04. The molecule has 0 radical (unpaired) electrons. The Labute approximate surface area is 190 Å². The second-order valence-corrected chi connectivity index (χ2v) is 8.50. The molecule has 3 aromatic rings. The van der Waals surface area contributed by atoms with Gasteiger partial charge in [0.25, 0.3) is 0 Å². The van der Waals surface area contributed by atoms with Gasteiger partial charge >= 0.3 is 0 Å². The van der Waals surface area contributed by atoms with E-state index in [2.05, 4.69) is 60.2 Å². The fourth-order valence-electron chi connectivity index (χ4n) is 3.68. The van der Waals surface area contributed by atoms with Crippen LogP contribution in [0.4, 0.5) is 0 Å². The molecule has 2 aromatic carbocycles. The zero-order valence-corrected chi connectivity index (χ0v) is 19.4. The van der Waals surface area contributed by atoms with Crippen molar-refractivity contribution in [3.63, 3.8) is 0 Å². The monoisotopic (exact) mass is 433 g/mol. The van der Waals surface area contributed by atoms with E-state index in [1.165, 1.54) is 5.56 Å². The van der Waals surface area contributed by atoms with Crippen LogP contribution in [0.15, 0.2) is 53.6 Å². The second-order valence-electron chi connectivity index (χ2n) is 8.50. The molecular weight excluding hydrogens is 398 g/mol. The number of amidine groups is 1. The number of benzene rings is 2. The average Bonchev–Trinajstić information content (AvgIpc) is 3.19. The van der Waals surface area contributed by atoms with E-state index in [-0.39, 0.29) is 0 Å². The second kappa shape index (κ2) is 11.4. The van der Waals surface area contributed by atoms with Gasteiger partial charge in [0.2, 0.25) is 0 Å². The summed E-state index contributed by atoms with van der Waals surface area (Å²) in [5.41, 5.74) is 6.71. The Kier molecular flexibility index (Phi) is 8.39. The van der Waals surface area contributed by atoms with Crippen LogP contribution in [0, 0.1) is 5.92 Å². The molecule has 0 aliphatic carbocycles. The Morgan fingerprint density at radius 3 is 2.50 bits per heavy atom. The van der Waals surface area contributed by atoms with Crippen LogP contribution in [0.5, 0.6) is 0 Å². The molecule has 7 nitrogen and oxygen atoms in total. The molecule has 5 N–H and O–H groups in total. The molecule has 0 amide bonds. The minimum absolute atomic E-state index is 0.446. The molecule has 1 heterocycles. The first-order valence-corrected chi connectivity index (χ1v) is 11.4. The largest absolute Gasteiger partial charge is 0.321 e. The van der Waals surface area contributed by atoms with Crippen molar-refractivity contribution in [3.05, 3.63) is 71.3 Å². The van der Waals surface area contributed by atoms with Gasteiger partial charge < -0.3 is 11.3 Å². The Bertz CT molecular complexity index is 1020. The highest BCUT2D eigenvalue weighted by Crippen LogP contribution is 2.24. The number of hydrazone groups is 1. The van der Waals surface area contributed by atoms with Crippen LogP contribution in [-0.2, 0) is 19.4 Å². The fraction of sp³-hybridized carbons (Fsp3) is 0.400. The first-order chi connectivity index (χ1) is 15.5. The van der Waals surface area contributed by atoms with Crippen LogP contribution in [0.1, 0.15) is 62.8 Å². The standard InChI is InChI=1S/C25H35N7/c1-4-5-10-23-28-24(16-11-18(2)3)32(31-23)17-19-12-14-20(15-13-19)21-8-6-7-9-22(21)25(29-26)30-27/h6-9,12-15,18H,4-5,10-11,16-17,26-27H2,1-3H3,(H,29,30). The number of nitrogens with zero attached hydrogens (tertiary/aromatic N) is 4. The van der Waals surface area contributed by atoms with Crippen molar-refractivity contribution < 1.29 is 0 Å². The maximum Gasteiger partial charge on any atom is 0.167 e. The minimum Gasteiger partial charge on any atom is -0.321 e. The first kappa shape index (κ1) is 23.5. The van der Waals surface area contributed by atoms with Gasteiger partial charge in [-0.2, -0.15) is 10.2 Å². The number of unbranched alkanes of at least 4 members (excludes halogenated alkanes) is 1. The van der Waals surface area contributed by atoms with Crippen LogP contribution in [0.2, 0.25) is 0 Å². The number of hydrogen-bond donors (Lipinski definition) is 3. The maximum atomic E-state index is 5.59. The quantitative estimate of drug-likeness (QED) is 0.194. The SMILES string of the molecule is CCCCc1nc(CCC(C)C)n(Cc2ccc(-c3ccccc3/C(=N/N)NN)cc2)n1. The van der Waals surface area contributed by atoms with Crippen molar-refractivity contribution in [1.29, 1.82) is 0 Å². The Morgan fingerprint density at radius 1 is 1.09 bits per heavy atom. The number of aryl methyl sites for hydroxylation is 2. The molecule has 7 heteroatoms. The predicted molar refractivity (Wildman–Crippen MR) is 131 cm³/mol. The van der Waals surface area contributed by atoms with Crippen LogP contribution < -0.4 is 17.1 Å². The summed E-state index contributed by atoms with van der Waals surface area (Å²) < 4.78 is 2.08. The molecule has 0 fully saturated rings. The molecule has 1 aromatic heterocycles. The summed E-state index contributed by atoms with van der Waals surface area (Å²) in [6, 6.07) is 16.4. The van der Waals surface area contributed by atoms with E-state index in [9.17, 15) is 0 Å². The van der Waals surface area contributed by atoms with Crippen LogP contribution in [0.3, 0.4) is 0 Å². The summed E-state index contributed by atoms with van der Waals surface area (Å²) >= 11 is 0. The maximum absolute atomic E-state index is 5.59. The minimum atomic E-state index is 0.446. The lowest BCUT2D eigenvalue weighted by Gasteiger charge is -2.12. The van der Waals surface area contributed by atoms with Gasteiger partial charge in [0.1, 0.15) is 5.82 Å². The first-order valence-electron chi connectivity index (χ1n) is 11.4. The van der Waals surface area contributed by atoms with Crippen molar-refractivity contribution in [2.45, 2.75) is 59.4 Å². The van der Waals surface area contributed by atoms with E-state index in [0.29, 0.717) is 18.3 Å². The number of hydrogen-bond acceptors (Lipinski definition) is 5. The van der Waals surface area contributed by atoms with Gasteiger partial charge in [-0.25, -0.2) is 15.5 Å². The fourth-order valence-corrected chi connectivity index (χ4v) is 3.68. The highest BCUT2D eigenvalue weighted by atomic mass is 15.3. The van der Waals surface area contributed by atoms with Crippen LogP contribution >= 0.6 is 0 Å². The number of nitrogens with two attached hydrogens (primary N) is 2. The molecule has 0 saturated carbocycles. The van der Waals surface area contributed by atoms with Crippen LogP contribution in [0.25, 0.3) is 11.1 Å². The van der Waals surface area contributed by atoms with E-state index in [0.717, 1.165) is 60.4 Å². The molecule has 32 heavy (non-hydrogen) atoms. The molecule has 0 unspecified atom stereocenters. The van der Waals surface area contributed by atoms with Gasteiger partial charge in [-0.05, 0) is 35.4 Å². The summed E-state index contributed by atoms with van der Waals surface area (Å²) in [6.07, 6.45) is 5.27. The van der Waals surface area contributed by atoms with Crippen molar-refractivity contribution >= 4 is 5.84 Å². The smallest absolute Gasteiger partial charge is 0.167 e. The molecule has 0 atom stereocenters. The average molecular weight is 434 g/mol. The molecular formula is C25H35N7. The Balaban J connectivity index is 1.83. The third-order valence-corrected chi connectivity index (χ3v) is 5.54. The van der Waals surface area contributed by atoms with Crippen molar-refractivity contribution in [1.82, 2.24) is 20.2 Å². The van der Waals surface area contributed by atoms with E-state index >= 15 is 0 Å². The molecule has 0 aliphatic heterocycles. The lowest BCUT2D eigenvalue weighted by Crippen LogP contribution is -2.32. The molecule has 0 spiro atoms. The highest BCUT2D eigenvalue weighted by Gasteiger charge is 2.13. The van der Waals surface area contributed by atoms with Gasteiger partial charge in [-0.3, -0.25) is 0 Å². The topological polar surface area (TPSA) is 107 Å². The molecule has 0 aliphatic rings.